The first kappa shape index (κ1) is 14.6. The van der Waals surface area contributed by atoms with E-state index in [4.69, 9.17) is 4.74 Å². The van der Waals surface area contributed by atoms with Gasteiger partial charge in [-0.05, 0) is 29.0 Å². The fraction of sp³-hybridized carbons (Fsp3) is 0.222. The van der Waals surface area contributed by atoms with Crippen molar-refractivity contribution in [2.75, 3.05) is 7.11 Å². The van der Waals surface area contributed by atoms with Gasteiger partial charge in [0.2, 0.25) is 0 Å². The number of hydrogen-bond acceptors (Lipinski definition) is 5. The van der Waals surface area contributed by atoms with Crippen LogP contribution in [0, 0.1) is 6.92 Å². The summed E-state index contributed by atoms with van der Waals surface area (Å²) in [4.78, 5) is 4.64. The fourth-order valence-corrected chi connectivity index (χ4v) is 3.01. The van der Waals surface area contributed by atoms with Crippen molar-refractivity contribution in [2.45, 2.75) is 19.4 Å². The van der Waals surface area contributed by atoms with E-state index in [1.807, 2.05) is 24.3 Å². The number of benzene rings is 2. The second-order valence-electron chi connectivity index (χ2n) is 5.81. The first-order chi connectivity index (χ1) is 11.8. The van der Waals surface area contributed by atoms with Crippen LogP contribution in [-0.4, -0.2) is 33.0 Å². The van der Waals surface area contributed by atoms with Gasteiger partial charge in [0.05, 0.1) is 18.9 Å². The highest BCUT2D eigenvalue weighted by Gasteiger charge is 2.28. The summed E-state index contributed by atoms with van der Waals surface area (Å²) in [7, 11) is 1.68. The van der Waals surface area contributed by atoms with E-state index in [1.54, 1.807) is 11.8 Å². The molecule has 1 aromatic heterocycles. The lowest BCUT2D eigenvalue weighted by Gasteiger charge is -2.24. The summed E-state index contributed by atoms with van der Waals surface area (Å²) in [5, 5.41) is 12.0. The van der Waals surface area contributed by atoms with Crippen molar-refractivity contribution in [3.05, 3.63) is 65.2 Å². The number of aromatic nitrogens is 4. The summed E-state index contributed by atoms with van der Waals surface area (Å²) >= 11 is 0. The number of hydrogen-bond donors (Lipinski definition) is 0. The average Bonchev–Trinajstić information content (AvgIpc) is 3.10. The van der Waals surface area contributed by atoms with Gasteiger partial charge in [-0.25, -0.2) is 9.67 Å². The van der Waals surface area contributed by atoms with Crippen LogP contribution < -0.4 is 4.74 Å². The maximum atomic E-state index is 5.53. The third-order valence-corrected chi connectivity index (χ3v) is 4.28. The molecule has 0 aliphatic carbocycles. The van der Waals surface area contributed by atoms with Crippen molar-refractivity contribution in [1.29, 1.82) is 0 Å². The van der Waals surface area contributed by atoms with Crippen molar-refractivity contribution in [2.24, 2.45) is 4.99 Å². The summed E-state index contributed by atoms with van der Waals surface area (Å²) in [6.45, 7) is 2.07. The van der Waals surface area contributed by atoms with E-state index in [0.717, 1.165) is 22.6 Å². The minimum absolute atomic E-state index is 0.0417. The van der Waals surface area contributed by atoms with Crippen molar-refractivity contribution in [1.82, 2.24) is 20.2 Å². The molecule has 0 spiro atoms. The Hall–Kier alpha value is -3.02. The van der Waals surface area contributed by atoms with E-state index < -0.39 is 0 Å². The Morgan fingerprint density at radius 1 is 1.08 bits per heavy atom. The van der Waals surface area contributed by atoms with Gasteiger partial charge in [0.1, 0.15) is 5.75 Å². The standard InChI is InChI=1S/C18H17N5O/c1-12-7-9-13(10-8-12)15-11-16(23-18(19-15)20-21-22-23)14-5-3-4-6-17(14)24-2/h3-10,16H,11H2,1-2H3. The molecule has 2 heterocycles. The van der Waals surface area contributed by atoms with Crippen LogP contribution in [0.2, 0.25) is 0 Å². The van der Waals surface area contributed by atoms with Crippen LogP contribution in [0.15, 0.2) is 53.5 Å². The highest BCUT2D eigenvalue weighted by atomic mass is 16.5. The number of rotatable bonds is 3. The highest BCUT2D eigenvalue weighted by Crippen LogP contribution is 2.35. The molecule has 0 saturated heterocycles. The number of nitrogens with zero attached hydrogens (tertiary/aromatic N) is 5. The van der Waals surface area contributed by atoms with Crippen LogP contribution in [0.3, 0.4) is 0 Å². The molecule has 0 saturated carbocycles. The van der Waals surface area contributed by atoms with Crippen LogP contribution >= 0.6 is 0 Å². The summed E-state index contributed by atoms with van der Waals surface area (Å²) < 4.78 is 7.28. The zero-order chi connectivity index (χ0) is 16.5. The third kappa shape index (κ3) is 2.46. The van der Waals surface area contributed by atoms with E-state index in [-0.39, 0.29) is 6.04 Å². The minimum Gasteiger partial charge on any atom is -0.496 e. The maximum Gasteiger partial charge on any atom is 0.269 e. The van der Waals surface area contributed by atoms with Crippen LogP contribution in [0.1, 0.15) is 29.2 Å². The Morgan fingerprint density at radius 2 is 1.88 bits per heavy atom. The Bertz CT molecular complexity index is 898. The first-order valence-electron chi connectivity index (χ1n) is 7.81. The summed E-state index contributed by atoms with van der Waals surface area (Å²) in [5.41, 5.74) is 4.34. The molecule has 24 heavy (non-hydrogen) atoms. The molecule has 0 bridgehead atoms. The lowest BCUT2D eigenvalue weighted by atomic mass is 9.95. The lowest BCUT2D eigenvalue weighted by Crippen LogP contribution is -2.21. The third-order valence-electron chi connectivity index (χ3n) is 4.28. The Labute approximate surface area is 139 Å². The second-order valence-corrected chi connectivity index (χ2v) is 5.81. The molecule has 0 fully saturated rings. The second kappa shape index (κ2) is 5.88. The van der Waals surface area contributed by atoms with Crippen LogP contribution in [0.25, 0.3) is 0 Å². The number of para-hydroxylation sites is 1. The number of aryl methyl sites for hydroxylation is 1. The Balaban J connectivity index is 1.80. The molecule has 3 aromatic rings. The quantitative estimate of drug-likeness (QED) is 0.744. The van der Waals surface area contributed by atoms with Crippen molar-refractivity contribution in [3.63, 3.8) is 0 Å². The molecular weight excluding hydrogens is 302 g/mol. The molecule has 0 amide bonds. The molecule has 4 rings (SSSR count). The van der Waals surface area contributed by atoms with E-state index in [9.17, 15) is 0 Å². The van der Waals surface area contributed by atoms with Gasteiger partial charge in [0.15, 0.2) is 0 Å². The van der Waals surface area contributed by atoms with E-state index >= 15 is 0 Å². The van der Waals surface area contributed by atoms with Crippen molar-refractivity contribution < 1.29 is 4.74 Å². The van der Waals surface area contributed by atoms with Gasteiger partial charge in [0.25, 0.3) is 5.95 Å². The monoisotopic (exact) mass is 319 g/mol. The zero-order valence-electron chi connectivity index (χ0n) is 13.5. The zero-order valence-corrected chi connectivity index (χ0v) is 13.5. The molecule has 0 N–H and O–H groups in total. The van der Waals surface area contributed by atoms with E-state index in [1.165, 1.54) is 5.56 Å². The number of fused-ring (bicyclic) bond motifs is 1. The lowest BCUT2D eigenvalue weighted by molar-refractivity contribution is 0.397. The van der Waals surface area contributed by atoms with Gasteiger partial charge in [-0.2, -0.15) is 0 Å². The summed E-state index contributed by atoms with van der Waals surface area (Å²) in [6.07, 6.45) is 0.710. The molecule has 0 radical (unpaired) electrons. The SMILES string of the molecule is COc1ccccc1C1CC(c2ccc(C)cc2)=Nc2nnnn21. The van der Waals surface area contributed by atoms with Gasteiger partial charge in [0, 0.05) is 12.0 Å². The Morgan fingerprint density at radius 3 is 2.67 bits per heavy atom. The van der Waals surface area contributed by atoms with Gasteiger partial charge in [-0.15, -0.1) is 0 Å². The van der Waals surface area contributed by atoms with Crippen molar-refractivity contribution >= 4 is 11.7 Å². The maximum absolute atomic E-state index is 5.53. The average molecular weight is 319 g/mol. The number of aliphatic imine (C=N–C) groups is 1. The molecule has 1 atom stereocenters. The molecule has 1 unspecified atom stereocenters. The summed E-state index contributed by atoms with van der Waals surface area (Å²) in [5.74, 6) is 1.35. The van der Waals surface area contributed by atoms with Gasteiger partial charge >= 0.3 is 0 Å². The number of tetrazole rings is 1. The van der Waals surface area contributed by atoms with Crippen LogP contribution in [0.5, 0.6) is 5.75 Å². The Kier molecular flexibility index (Phi) is 3.57. The molecule has 6 nitrogen and oxygen atoms in total. The van der Waals surface area contributed by atoms with Gasteiger partial charge in [-0.3, -0.25) is 0 Å². The normalized spacial score (nSPS) is 16.4. The molecular formula is C18H17N5O. The molecule has 1 aliphatic rings. The van der Waals surface area contributed by atoms with Crippen molar-refractivity contribution in [3.8, 4) is 5.75 Å². The molecule has 1 aliphatic heterocycles. The predicted octanol–water partition coefficient (Wildman–Crippen LogP) is 3.10. The van der Waals surface area contributed by atoms with E-state index in [2.05, 4.69) is 51.7 Å². The minimum atomic E-state index is -0.0417. The molecule has 6 heteroatoms. The molecule has 120 valence electrons. The van der Waals surface area contributed by atoms with Crippen LogP contribution in [-0.2, 0) is 0 Å². The van der Waals surface area contributed by atoms with Gasteiger partial charge in [-0.1, -0.05) is 53.1 Å². The van der Waals surface area contributed by atoms with Gasteiger partial charge < -0.3 is 4.74 Å². The topological polar surface area (TPSA) is 65.2 Å². The first-order valence-corrected chi connectivity index (χ1v) is 7.81. The number of ether oxygens (including phenoxy) is 1. The smallest absolute Gasteiger partial charge is 0.269 e. The number of methoxy groups -OCH3 is 1. The highest BCUT2D eigenvalue weighted by molar-refractivity contribution is 6.02. The summed E-state index contributed by atoms with van der Waals surface area (Å²) in [6, 6.07) is 16.3. The largest absolute Gasteiger partial charge is 0.496 e. The molecule has 2 aromatic carbocycles. The van der Waals surface area contributed by atoms with E-state index in [0.29, 0.717) is 12.4 Å². The van der Waals surface area contributed by atoms with Crippen LogP contribution in [0.4, 0.5) is 5.95 Å². The predicted molar refractivity (Wildman–Crippen MR) is 90.9 cm³/mol. The fourth-order valence-electron chi connectivity index (χ4n) is 3.01.